The van der Waals surface area contributed by atoms with Crippen LogP contribution >= 0.6 is 0 Å². The van der Waals surface area contributed by atoms with Crippen molar-refractivity contribution in [1.82, 2.24) is 9.97 Å². The van der Waals surface area contributed by atoms with Gasteiger partial charge in [0.05, 0.1) is 16.3 Å². The molecule has 24 heavy (non-hydrogen) atoms. The van der Waals surface area contributed by atoms with Gasteiger partial charge in [0.25, 0.3) is 5.91 Å². The van der Waals surface area contributed by atoms with Crippen LogP contribution < -0.4 is 11.1 Å². The predicted molar refractivity (Wildman–Crippen MR) is 89.5 cm³/mol. The first-order valence-electron chi connectivity index (χ1n) is 7.31. The van der Waals surface area contributed by atoms with Crippen molar-refractivity contribution in [3.8, 4) is 0 Å². The van der Waals surface area contributed by atoms with Crippen molar-refractivity contribution in [3.63, 3.8) is 0 Å². The Morgan fingerprint density at radius 1 is 1.29 bits per heavy atom. The molecule has 0 fully saturated rings. The van der Waals surface area contributed by atoms with Gasteiger partial charge >= 0.3 is 0 Å². The number of nitrogens with one attached hydrogen (secondary N) is 2. The molecule has 7 nitrogen and oxygen atoms in total. The maximum absolute atomic E-state index is 12.5. The quantitative estimate of drug-likeness (QED) is 0.654. The van der Waals surface area contributed by atoms with Crippen molar-refractivity contribution >= 4 is 32.5 Å². The number of nitrogens with two attached hydrogens (primary N) is 1. The number of sulfone groups is 1. The van der Waals surface area contributed by atoms with Crippen LogP contribution in [0.4, 0.5) is 5.69 Å². The first kappa shape index (κ1) is 14.9. The lowest BCUT2D eigenvalue weighted by Gasteiger charge is -2.08. The van der Waals surface area contributed by atoms with E-state index in [2.05, 4.69) is 15.3 Å². The van der Waals surface area contributed by atoms with Gasteiger partial charge < -0.3 is 16.0 Å². The van der Waals surface area contributed by atoms with Gasteiger partial charge in [0.2, 0.25) is 0 Å². The summed E-state index contributed by atoms with van der Waals surface area (Å²) >= 11 is 0. The lowest BCUT2D eigenvalue weighted by molar-refractivity contribution is 0.102. The SMILES string of the molecule is N[C@@H]1CS(=O)(=O)c2cc(C(=O)Nc3ccnc4[nH]ccc34)ccc21. The number of rotatable bonds is 2. The number of nitrogens with zero attached hydrogens (tertiary/aromatic N) is 1. The van der Waals surface area contributed by atoms with Crippen molar-refractivity contribution in [3.05, 3.63) is 53.9 Å². The Balaban J connectivity index is 1.70. The average molecular weight is 342 g/mol. The van der Waals surface area contributed by atoms with E-state index in [1.807, 2.05) is 6.07 Å². The molecule has 3 aromatic rings. The van der Waals surface area contributed by atoms with Crippen molar-refractivity contribution in [2.24, 2.45) is 5.73 Å². The number of aromatic amines is 1. The second-order valence-electron chi connectivity index (χ2n) is 5.69. The van der Waals surface area contributed by atoms with Gasteiger partial charge in [0.15, 0.2) is 9.84 Å². The topological polar surface area (TPSA) is 118 Å². The van der Waals surface area contributed by atoms with Crippen molar-refractivity contribution in [1.29, 1.82) is 0 Å². The number of hydrogen-bond donors (Lipinski definition) is 3. The Morgan fingerprint density at radius 3 is 2.96 bits per heavy atom. The number of carbonyl (C=O) groups is 1. The zero-order chi connectivity index (χ0) is 16.9. The van der Waals surface area contributed by atoms with E-state index < -0.39 is 15.9 Å². The standard InChI is InChI=1S/C16H14N4O3S/c17-12-8-24(22,23)14-7-9(1-2-10(12)14)16(21)20-13-4-6-19-15-11(13)3-5-18-15/h1-7,12H,8,17H2,(H2,18,19,20,21)/t12-/m1/s1. The lowest BCUT2D eigenvalue weighted by Crippen LogP contribution is -2.13. The van der Waals surface area contributed by atoms with E-state index in [4.69, 9.17) is 5.73 Å². The largest absolute Gasteiger partial charge is 0.346 e. The monoisotopic (exact) mass is 342 g/mol. The fourth-order valence-corrected chi connectivity index (χ4v) is 4.65. The number of benzene rings is 1. The van der Waals surface area contributed by atoms with Gasteiger partial charge in [-0.3, -0.25) is 4.79 Å². The van der Waals surface area contributed by atoms with Gasteiger partial charge in [-0.1, -0.05) is 6.07 Å². The van der Waals surface area contributed by atoms with Gasteiger partial charge in [-0.15, -0.1) is 0 Å². The highest BCUT2D eigenvalue weighted by atomic mass is 32.2. The number of carbonyl (C=O) groups excluding carboxylic acids is 1. The molecule has 3 heterocycles. The van der Waals surface area contributed by atoms with Crippen molar-refractivity contribution < 1.29 is 13.2 Å². The normalized spacial score (nSPS) is 18.5. The summed E-state index contributed by atoms with van der Waals surface area (Å²) in [5.41, 5.74) is 7.93. The molecule has 1 aromatic carbocycles. The van der Waals surface area contributed by atoms with Crippen molar-refractivity contribution in [2.45, 2.75) is 10.9 Å². The second-order valence-corrected chi connectivity index (χ2v) is 7.70. The van der Waals surface area contributed by atoms with E-state index >= 15 is 0 Å². The zero-order valence-electron chi connectivity index (χ0n) is 12.5. The van der Waals surface area contributed by atoms with Gasteiger partial charge in [-0.2, -0.15) is 0 Å². The Hall–Kier alpha value is -2.71. The van der Waals surface area contributed by atoms with Crippen LogP contribution in [-0.2, 0) is 9.84 Å². The van der Waals surface area contributed by atoms with Crippen molar-refractivity contribution in [2.75, 3.05) is 11.1 Å². The number of aromatic nitrogens is 2. The molecule has 1 atom stereocenters. The zero-order valence-corrected chi connectivity index (χ0v) is 13.3. The first-order chi connectivity index (χ1) is 11.5. The third-order valence-corrected chi connectivity index (χ3v) is 5.94. The average Bonchev–Trinajstić information content (AvgIpc) is 3.11. The summed E-state index contributed by atoms with van der Waals surface area (Å²) in [6.07, 6.45) is 3.32. The van der Waals surface area contributed by atoms with Crippen LogP contribution in [0.25, 0.3) is 11.0 Å². The summed E-state index contributed by atoms with van der Waals surface area (Å²) in [7, 11) is -3.43. The van der Waals surface area contributed by atoms with Crippen LogP contribution in [0.3, 0.4) is 0 Å². The summed E-state index contributed by atoms with van der Waals surface area (Å²) in [4.78, 5) is 19.8. The number of anilines is 1. The Kier molecular flexibility index (Phi) is 3.19. The lowest BCUT2D eigenvalue weighted by atomic mass is 10.1. The van der Waals surface area contributed by atoms with Crippen LogP contribution in [-0.4, -0.2) is 30.0 Å². The highest BCUT2D eigenvalue weighted by Crippen LogP contribution is 2.32. The smallest absolute Gasteiger partial charge is 0.255 e. The predicted octanol–water partition coefficient (Wildman–Crippen LogP) is 1.60. The van der Waals surface area contributed by atoms with E-state index in [0.717, 1.165) is 5.39 Å². The molecular formula is C16H14N4O3S. The Labute approximate surface area is 137 Å². The fraction of sp³-hybridized carbons (Fsp3) is 0.125. The molecule has 2 aromatic heterocycles. The maximum atomic E-state index is 12.5. The molecule has 1 aliphatic heterocycles. The molecule has 0 radical (unpaired) electrons. The molecule has 0 saturated carbocycles. The minimum Gasteiger partial charge on any atom is -0.346 e. The fourth-order valence-electron chi connectivity index (χ4n) is 2.93. The minimum atomic E-state index is -3.43. The molecule has 0 unspecified atom stereocenters. The molecule has 0 saturated heterocycles. The van der Waals surface area contributed by atoms with E-state index in [0.29, 0.717) is 16.9 Å². The molecule has 4 rings (SSSR count). The van der Waals surface area contributed by atoms with Crippen LogP contribution in [0, 0.1) is 0 Å². The third-order valence-electron chi connectivity index (χ3n) is 4.12. The molecule has 1 amide bonds. The Morgan fingerprint density at radius 2 is 2.12 bits per heavy atom. The summed E-state index contributed by atoms with van der Waals surface area (Å²) in [6.45, 7) is 0. The van der Waals surface area contributed by atoms with E-state index in [9.17, 15) is 13.2 Å². The number of amides is 1. The summed E-state index contributed by atoms with van der Waals surface area (Å²) < 4.78 is 24.2. The highest BCUT2D eigenvalue weighted by Gasteiger charge is 2.33. The molecule has 0 aliphatic carbocycles. The molecule has 4 N–H and O–H groups in total. The van der Waals surface area contributed by atoms with Crippen LogP contribution in [0.5, 0.6) is 0 Å². The summed E-state index contributed by atoms with van der Waals surface area (Å²) in [5.74, 6) is -0.510. The molecular weight excluding hydrogens is 328 g/mol. The van der Waals surface area contributed by atoms with Gasteiger partial charge in [0, 0.05) is 29.4 Å². The number of hydrogen-bond acceptors (Lipinski definition) is 5. The summed E-state index contributed by atoms with van der Waals surface area (Å²) in [5, 5.41) is 3.57. The van der Waals surface area contributed by atoms with Gasteiger partial charge in [-0.25, -0.2) is 13.4 Å². The van der Waals surface area contributed by atoms with E-state index in [1.165, 1.54) is 6.07 Å². The van der Waals surface area contributed by atoms with Crippen LogP contribution in [0.2, 0.25) is 0 Å². The first-order valence-corrected chi connectivity index (χ1v) is 8.97. The van der Waals surface area contributed by atoms with Crippen LogP contribution in [0.1, 0.15) is 22.0 Å². The number of pyridine rings is 1. The number of fused-ring (bicyclic) bond motifs is 2. The van der Waals surface area contributed by atoms with Crippen LogP contribution in [0.15, 0.2) is 47.6 Å². The van der Waals surface area contributed by atoms with Gasteiger partial charge in [0.1, 0.15) is 5.65 Å². The van der Waals surface area contributed by atoms with Gasteiger partial charge in [-0.05, 0) is 29.8 Å². The minimum absolute atomic E-state index is 0.123. The maximum Gasteiger partial charge on any atom is 0.255 e. The van der Waals surface area contributed by atoms with E-state index in [1.54, 1.807) is 30.6 Å². The third kappa shape index (κ3) is 2.27. The molecule has 0 spiro atoms. The molecule has 122 valence electrons. The van der Waals surface area contributed by atoms with E-state index in [-0.39, 0.29) is 22.1 Å². The summed E-state index contributed by atoms with van der Waals surface area (Å²) in [6, 6.07) is 7.55. The molecule has 8 heteroatoms. The molecule has 1 aliphatic rings. The molecule has 0 bridgehead atoms. The Bertz CT molecular complexity index is 1070. The highest BCUT2D eigenvalue weighted by molar-refractivity contribution is 7.91. The second kappa shape index (κ2) is 5.15. The number of H-pyrrole nitrogens is 1.